The van der Waals surface area contributed by atoms with Crippen molar-refractivity contribution < 1.29 is 18.3 Å². The van der Waals surface area contributed by atoms with Gasteiger partial charge in [-0.3, -0.25) is 4.79 Å². The highest BCUT2D eigenvalue weighted by Gasteiger charge is 2.28. The Labute approximate surface area is 122 Å². The molecule has 19 heavy (non-hydrogen) atoms. The number of carboxylic acids is 1. The smallest absolute Gasteiger partial charge is 0.313 e. The monoisotopic (exact) mass is 340 g/mol. The number of halogens is 2. The largest absolute Gasteiger partial charge is 0.481 e. The molecule has 0 aliphatic carbocycles. The molecule has 1 aliphatic heterocycles. The molecule has 0 bridgehead atoms. The van der Waals surface area contributed by atoms with E-state index in [1.807, 2.05) is 0 Å². The summed E-state index contributed by atoms with van der Waals surface area (Å²) in [4.78, 5) is 10.4. The fraction of sp³-hybridized carbons (Fsp3) is 0.111. The molecule has 1 heterocycles. The number of carboxylic acid groups (broad SMARTS) is 1. The SMILES string of the molecule is O=C(O)CSC1=NS(=O)(=O)c2ccc(Cl)c(Cl)c2N1. The van der Waals surface area contributed by atoms with Crippen molar-refractivity contribution in [3.05, 3.63) is 22.2 Å². The average molecular weight is 341 g/mol. The van der Waals surface area contributed by atoms with Crippen molar-refractivity contribution >= 4 is 61.8 Å². The molecule has 0 unspecified atom stereocenters. The van der Waals surface area contributed by atoms with Crippen LogP contribution in [0.15, 0.2) is 21.4 Å². The minimum atomic E-state index is -3.91. The Kier molecular flexibility index (Phi) is 3.95. The van der Waals surface area contributed by atoms with Crippen LogP contribution in [0.3, 0.4) is 0 Å². The van der Waals surface area contributed by atoms with Crippen LogP contribution in [0.25, 0.3) is 0 Å². The third-order valence-electron chi connectivity index (χ3n) is 2.10. The molecular formula is C9H6Cl2N2O4S2. The summed E-state index contributed by atoms with van der Waals surface area (Å²) in [5.74, 6) is -1.41. The number of fused-ring (bicyclic) bond motifs is 1. The zero-order valence-corrected chi connectivity index (χ0v) is 12.2. The maximum atomic E-state index is 11.9. The van der Waals surface area contributed by atoms with Crippen molar-refractivity contribution in [2.24, 2.45) is 4.40 Å². The molecule has 0 saturated carbocycles. The Balaban J connectivity index is 2.44. The fourth-order valence-electron chi connectivity index (χ4n) is 1.34. The molecule has 0 fully saturated rings. The molecule has 2 N–H and O–H groups in total. The first kappa shape index (κ1) is 14.4. The second-order valence-electron chi connectivity index (χ2n) is 3.41. The minimum Gasteiger partial charge on any atom is -0.481 e. The number of carbonyl (C=O) groups is 1. The number of nitrogens with zero attached hydrogens (tertiary/aromatic N) is 1. The van der Waals surface area contributed by atoms with Gasteiger partial charge in [0.2, 0.25) is 0 Å². The van der Waals surface area contributed by atoms with E-state index >= 15 is 0 Å². The number of nitrogens with one attached hydrogen (secondary N) is 1. The maximum absolute atomic E-state index is 11.9. The van der Waals surface area contributed by atoms with Crippen LogP contribution < -0.4 is 5.32 Å². The van der Waals surface area contributed by atoms with Crippen LogP contribution in [0, 0.1) is 0 Å². The van der Waals surface area contributed by atoms with Crippen LogP contribution >= 0.6 is 35.0 Å². The third kappa shape index (κ3) is 2.97. The van der Waals surface area contributed by atoms with Crippen molar-refractivity contribution in [1.82, 2.24) is 0 Å². The Morgan fingerprint density at radius 2 is 2.11 bits per heavy atom. The number of benzene rings is 1. The highest BCUT2D eigenvalue weighted by Crippen LogP contribution is 2.39. The predicted molar refractivity (Wildman–Crippen MR) is 74.8 cm³/mol. The van der Waals surface area contributed by atoms with Gasteiger partial charge in [-0.25, -0.2) is 0 Å². The first-order valence-electron chi connectivity index (χ1n) is 4.76. The van der Waals surface area contributed by atoms with Crippen molar-refractivity contribution in [2.45, 2.75) is 4.90 Å². The number of aliphatic carboxylic acids is 1. The zero-order valence-electron chi connectivity index (χ0n) is 9.05. The highest BCUT2D eigenvalue weighted by atomic mass is 35.5. The van der Waals surface area contributed by atoms with E-state index < -0.39 is 16.0 Å². The molecule has 102 valence electrons. The summed E-state index contributed by atoms with van der Waals surface area (Å²) in [6.07, 6.45) is 0. The van der Waals surface area contributed by atoms with Gasteiger partial charge in [0, 0.05) is 0 Å². The van der Waals surface area contributed by atoms with E-state index in [9.17, 15) is 13.2 Å². The predicted octanol–water partition coefficient (Wildman–Crippen LogP) is 2.28. The van der Waals surface area contributed by atoms with Crippen LogP contribution in [0.2, 0.25) is 10.0 Å². The first-order chi connectivity index (χ1) is 8.81. The van der Waals surface area contributed by atoms with Crippen molar-refractivity contribution in [1.29, 1.82) is 0 Å². The number of hydrogen-bond donors (Lipinski definition) is 2. The van der Waals surface area contributed by atoms with Crippen molar-refractivity contribution in [2.75, 3.05) is 11.1 Å². The molecule has 0 radical (unpaired) electrons. The minimum absolute atomic E-state index is 0.0473. The van der Waals surface area contributed by atoms with Gasteiger partial charge in [0.05, 0.1) is 21.5 Å². The van der Waals surface area contributed by atoms with Gasteiger partial charge < -0.3 is 10.4 Å². The van der Waals surface area contributed by atoms with Gasteiger partial charge in [-0.05, 0) is 12.1 Å². The molecule has 0 saturated heterocycles. The molecular weight excluding hydrogens is 335 g/mol. The van der Waals surface area contributed by atoms with E-state index in [1.54, 1.807) is 0 Å². The van der Waals surface area contributed by atoms with Gasteiger partial charge in [0.1, 0.15) is 4.90 Å². The molecule has 6 nitrogen and oxygen atoms in total. The van der Waals surface area contributed by atoms with E-state index in [1.165, 1.54) is 12.1 Å². The van der Waals surface area contributed by atoms with E-state index in [0.717, 1.165) is 11.8 Å². The molecule has 1 aliphatic rings. The Morgan fingerprint density at radius 3 is 2.74 bits per heavy atom. The van der Waals surface area contributed by atoms with E-state index in [4.69, 9.17) is 28.3 Å². The van der Waals surface area contributed by atoms with Crippen LogP contribution in [0.5, 0.6) is 0 Å². The van der Waals surface area contributed by atoms with Crippen molar-refractivity contribution in [3.8, 4) is 0 Å². The van der Waals surface area contributed by atoms with Gasteiger partial charge in [-0.2, -0.15) is 8.42 Å². The molecule has 0 aromatic heterocycles. The number of thioether (sulfide) groups is 1. The number of sulfonamides is 1. The second-order valence-corrected chi connectivity index (χ2v) is 6.74. The molecule has 2 rings (SSSR count). The third-order valence-corrected chi connectivity index (χ3v) is 5.20. The van der Waals surface area contributed by atoms with Gasteiger partial charge in [-0.1, -0.05) is 35.0 Å². The van der Waals surface area contributed by atoms with Gasteiger partial charge in [-0.15, -0.1) is 4.40 Å². The summed E-state index contributed by atoms with van der Waals surface area (Å²) in [5, 5.41) is 11.4. The van der Waals surface area contributed by atoms with Crippen LogP contribution in [0.1, 0.15) is 0 Å². The summed E-state index contributed by atoms with van der Waals surface area (Å²) < 4.78 is 27.3. The summed E-state index contributed by atoms with van der Waals surface area (Å²) in [6.45, 7) is 0. The lowest BCUT2D eigenvalue weighted by molar-refractivity contribution is -0.133. The fourth-order valence-corrected chi connectivity index (χ4v) is 3.72. The van der Waals surface area contributed by atoms with Gasteiger partial charge in [0.25, 0.3) is 10.0 Å². The molecule has 0 atom stereocenters. The normalized spacial score (nSPS) is 16.2. The molecule has 0 amide bonds. The van der Waals surface area contributed by atoms with Crippen LogP contribution in [0.4, 0.5) is 5.69 Å². The molecule has 0 spiro atoms. The number of anilines is 1. The summed E-state index contributed by atoms with van der Waals surface area (Å²) in [5.41, 5.74) is 0.108. The Bertz CT molecular complexity index is 688. The Hall–Kier alpha value is -0.960. The van der Waals surface area contributed by atoms with Crippen LogP contribution in [-0.2, 0) is 14.8 Å². The lowest BCUT2D eigenvalue weighted by Gasteiger charge is -2.18. The summed E-state index contributed by atoms with van der Waals surface area (Å²) in [7, 11) is -3.91. The number of rotatable bonds is 2. The van der Waals surface area contributed by atoms with Crippen LogP contribution in [-0.4, -0.2) is 30.4 Å². The van der Waals surface area contributed by atoms with Crippen molar-refractivity contribution in [3.63, 3.8) is 0 Å². The molecule has 10 heteroatoms. The topological polar surface area (TPSA) is 95.8 Å². The lowest BCUT2D eigenvalue weighted by Crippen LogP contribution is -2.20. The standard InChI is InChI=1S/C9H6Cl2N2O4S2/c10-4-1-2-5-8(7(4)11)12-9(13-19(5,16)17)18-3-6(14)15/h1-2H,3H2,(H,12,13)(H,14,15). The van der Waals surface area contributed by atoms with Gasteiger partial charge in [0.15, 0.2) is 5.17 Å². The zero-order chi connectivity index (χ0) is 14.2. The quantitative estimate of drug-likeness (QED) is 0.857. The molecule has 1 aromatic rings. The lowest BCUT2D eigenvalue weighted by atomic mass is 10.3. The number of hydrogen-bond acceptors (Lipinski definition) is 5. The van der Waals surface area contributed by atoms with E-state index in [2.05, 4.69) is 9.71 Å². The first-order valence-corrected chi connectivity index (χ1v) is 7.94. The van der Waals surface area contributed by atoms with Gasteiger partial charge >= 0.3 is 5.97 Å². The highest BCUT2D eigenvalue weighted by molar-refractivity contribution is 8.15. The summed E-state index contributed by atoms with van der Waals surface area (Å²) in [6, 6.07) is 2.64. The summed E-state index contributed by atoms with van der Waals surface area (Å²) >= 11 is 12.5. The second kappa shape index (κ2) is 5.20. The van der Waals surface area contributed by atoms with E-state index in [-0.39, 0.29) is 31.5 Å². The van der Waals surface area contributed by atoms with E-state index in [0.29, 0.717) is 0 Å². The molecule has 1 aromatic carbocycles. The number of amidine groups is 1. The Morgan fingerprint density at radius 1 is 1.42 bits per heavy atom. The average Bonchev–Trinajstić information content (AvgIpc) is 2.31. The maximum Gasteiger partial charge on any atom is 0.313 e.